The summed E-state index contributed by atoms with van der Waals surface area (Å²) in [7, 11) is -0.325. The molecule has 5 nitrogen and oxygen atoms in total. The molecular formula is C7H19NO4S. The van der Waals surface area contributed by atoms with Crippen LogP contribution in [0.3, 0.4) is 0 Å². The average molecular weight is 213 g/mol. The van der Waals surface area contributed by atoms with E-state index < -0.39 is 15.5 Å². The minimum absolute atomic E-state index is 0. The Kier molecular flexibility index (Phi) is 5.77. The predicted octanol–water partition coefficient (Wildman–Crippen LogP) is 0.530. The van der Waals surface area contributed by atoms with Crippen LogP contribution in [0.2, 0.25) is 0 Å². The standard InChI is InChI=1S/C7H17NO3S.H2O/c1-5-7(12(9,10)11)8(3,4)6-2;/h7H,5-6H2,1-4H3;1H2. The summed E-state index contributed by atoms with van der Waals surface area (Å²) in [6.07, 6.45) is 0.430. The van der Waals surface area contributed by atoms with Crippen LogP contribution in [0.1, 0.15) is 20.3 Å². The molecule has 0 spiro atoms. The van der Waals surface area contributed by atoms with Gasteiger partial charge < -0.3 is 9.96 Å². The summed E-state index contributed by atoms with van der Waals surface area (Å²) in [6, 6.07) is 0. The highest BCUT2D eigenvalue weighted by molar-refractivity contribution is 7.86. The molecule has 0 saturated carbocycles. The van der Waals surface area contributed by atoms with Gasteiger partial charge in [0.2, 0.25) is 5.37 Å². The van der Waals surface area contributed by atoms with E-state index in [1.165, 1.54) is 0 Å². The topological polar surface area (TPSA) is 84.4 Å². The quantitative estimate of drug-likeness (QED) is 0.545. The lowest BCUT2D eigenvalue weighted by Gasteiger charge is -2.34. The fourth-order valence-corrected chi connectivity index (χ4v) is 2.56. The number of hydrogen-bond acceptors (Lipinski definition) is 3. The lowest BCUT2D eigenvalue weighted by Crippen LogP contribution is -2.52. The molecule has 82 valence electrons. The minimum atomic E-state index is -3.91. The largest absolute Gasteiger partial charge is 0.870 e. The molecule has 0 aromatic carbocycles. The first kappa shape index (κ1) is 15.3. The third kappa shape index (κ3) is 4.04. The van der Waals surface area contributed by atoms with Crippen molar-refractivity contribution in [1.29, 1.82) is 0 Å². The highest BCUT2D eigenvalue weighted by atomic mass is 32.2. The van der Waals surface area contributed by atoms with Crippen LogP contribution in [0.5, 0.6) is 0 Å². The second kappa shape index (κ2) is 4.90. The first-order valence-electron chi connectivity index (χ1n) is 4.04. The normalized spacial score (nSPS) is 14.8. The smallest absolute Gasteiger partial charge is 0.319 e. The molecule has 0 aromatic rings. The third-order valence-electron chi connectivity index (χ3n) is 2.29. The molecule has 0 aliphatic heterocycles. The van der Waals surface area contributed by atoms with E-state index in [1.54, 1.807) is 21.0 Å². The average Bonchev–Trinajstić information content (AvgIpc) is 1.85. The Labute approximate surface area is 80.0 Å². The van der Waals surface area contributed by atoms with Gasteiger partial charge in [0.25, 0.3) is 0 Å². The molecule has 0 saturated heterocycles. The van der Waals surface area contributed by atoms with Gasteiger partial charge in [-0.05, 0) is 6.92 Å². The van der Waals surface area contributed by atoms with Crippen molar-refractivity contribution >= 4 is 10.1 Å². The molecule has 2 N–H and O–H groups in total. The van der Waals surface area contributed by atoms with Gasteiger partial charge in [-0.25, -0.2) is 0 Å². The van der Waals surface area contributed by atoms with Gasteiger partial charge in [-0.15, -0.1) is 0 Å². The summed E-state index contributed by atoms with van der Waals surface area (Å²) >= 11 is 0. The van der Waals surface area contributed by atoms with E-state index in [2.05, 4.69) is 0 Å². The second-order valence-corrected chi connectivity index (χ2v) is 5.05. The maximum atomic E-state index is 10.9. The van der Waals surface area contributed by atoms with Gasteiger partial charge in [0.05, 0.1) is 20.6 Å². The van der Waals surface area contributed by atoms with Crippen molar-refractivity contribution in [1.82, 2.24) is 0 Å². The summed E-state index contributed by atoms with van der Waals surface area (Å²) in [6.45, 7) is 4.33. The van der Waals surface area contributed by atoms with E-state index in [0.717, 1.165) is 0 Å². The van der Waals surface area contributed by atoms with Crippen molar-refractivity contribution < 1.29 is 22.9 Å². The van der Waals surface area contributed by atoms with Gasteiger partial charge in [0.1, 0.15) is 0 Å². The summed E-state index contributed by atoms with van der Waals surface area (Å²) in [5.74, 6) is 0. The Bertz CT molecular complexity index is 235. The van der Waals surface area contributed by atoms with Crippen LogP contribution in [0.15, 0.2) is 0 Å². The molecule has 0 aromatic heterocycles. The Morgan fingerprint density at radius 1 is 1.31 bits per heavy atom. The van der Waals surface area contributed by atoms with E-state index in [-0.39, 0.29) is 5.48 Å². The molecule has 0 aliphatic carbocycles. The van der Waals surface area contributed by atoms with E-state index >= 15 is 0 Å². The highest BCUT2D eigenvalue weighted by Gasteiger charge is 2.35. The van der Waals surface area contributed by atoms with E-state index in [0.29, 0.717) is 17.4 Å². The second-order valence-electron chi connectivity index (χ2n) is 3.47. The molecule has 0 rings (SSSR count). The van der Waals surface area contributed by atoms with Gasteiger partial charge in [-0.1, -0.05) is 6.92 Å². The number of quaternary nitrogens is 1. The van der Waals surface area contributed by atoms with Gasteiger partial charge in [0, 0.05) is 6.42 Å². The Hall–Kier alpha value is -0.170. The monoisotopic (exact) mass is 213 g/mol. The van der Waals surface area contributed by atoms with Crippen LogP contribution >= 0.6 is 0 Å². The summed E-state index contributed by atoms with van der Waals surface area (Å²) in [5, 5.41) is -0.706. The molecule has 1 unspecified atom stereocenters. The molecule has 0 bridgehead atoms. The Balaban J connectivity index is 0. The minimum Gasteiger partial charge on any atom is -0.870 e. The SMILES string of the molecule is CCC([N+](C)(C)CC)S(=O)(=O)O.[OH-]. The molecule has 6 heteroatoms. The van der Waals surface area contributed by atoms with Crippen LogP contribution in [0, 0.1) is 0 Å². The lowest BCUT2D eigenvalue weighted by atomic mass is 10.4. The molecule has 1 atom stereocenters. The number of rotatable bonds is 4. The third-order valence-corrected chi connectivity index (χ3v) is 3.88. The summed E-state index contributed by atoms with van der Waals surface area (Å²) in [4.78, 5) is 0. The van der Waals surface area contributed by atoms with Gasteiger partial charge in [-0.3, -0.25) is 4.55 Å². The van der Waals surface area contributed by atoms with Crippen LogP contribution in [-0.4, -0.2) is 48.9 Å². The molecule has 0 radical (unpaired) electrons. The van der Waals surface area contributed by atoms with Crippen molar-refractivity contribution in [3.05, 3.63) is 0 Å². The van der Waals surface area contributed by atoms with Gasteiger partial charge in [-0.2, -0.15) is 8.42 Å². The van der Waals surface area contributed by atoms with E-state index in [1.807, 2.05) is 6.92 Å². The maximum absolute atomic E-state index is 10.9. The first-order valence-corrected chi connectivity index (χ1v) is 5.55. The van der Waals surface area contributed by atoms with Crippen LogP contribution in [-0.2, 0) is 10.1 Å². The highest BCUT2D eigenvalue weighted by Crippen LogP contribution is 2.15. The molecular weight excluding hydrogens is 194 g/mol. The summed E-state index contributed by atoms with van der Waals surface area (Å²) < 4.78 is 31.0. The lowest BCUT2D eigenvalue weighted by molar-refractivity contribution is -0.899. The zero-order valence-electron chi connectivity index (χ0n) is 8.56. The van der Waals surface area contributed by atoms with Crippen molar-refractivity contribution in [2.75, 3.05) is 20.6 Å². The van der Waals surface area contributed by atoms with Gasteiger partial charge >= 0.3 is 10.1 Å². The number of nitrogens with zero attached hydrogens (tertiary/aromatic N) is 1. The molecule has 0 aliphatic rings. The fourth-order valence-electron chi connectivity index (χ4n) is 1.27. The van der Waals surface area contributed by atoms with Gasteiger partial charge in [0.15, 0.2) is 0 Å². The molecule has 0 amide bonds. The Morgan fingerprint density at radius 3 is 1.77 bits per heavy atom. The van der Waals surface area contributed by atoms with Crippen LogP contribution in [0.4, 0.5) is 0 Å². The first-order chi connectivity index (χ1) is 5.25. The maximum Gasteiger partial charge on any atom is 0.319 e. The zero-order valence-corrected chi connectivity index (χ0v) is 9.37. The van der Waals surface area contributed by atoms with Crippen molar-refractivity contribution in [2.45, 2.75) is 25.6 Å². The molecule has 0 heterocycles. The molecule has 0 fully saturated rings. The van der Waals surface area contributed by atoms with Crippen molar-refractivity contribution in [2.24, 2.45) is 0 Å². The molecule has 13 heavy (non-hydrogen) atoms. The van der Waals surface area contributed by atoms with Crippen LogP contribution in [0.25, 0.3) is 0 Å². The van der Waals surface area contributed by atoms with Crippen molar-refractivity contribution in [3.63, 3.8) is 0 Å². The van der Waals surface area contributed by atoms with E-state index in [4.69, 9.17) is 4.55 Å². The fraction of sp³-hybridized carbons (Fsp3) is 1.00. The van der Waals surface area contributed by atoms with Crippen molar-refractivity contribution in [3.8, 4) is 0 Å². The zero-order chi connectivity index (χ0) is 9.99. The Morgan fingerprint density at radius 2 is 1.69 bits per heavy atom. The number of hydrogen-bond donors (Lipinski definition) is 1. The predicted molar refractivity (Wildman–Crippen MR) is 50.2 cm³/mol. The van der Waals surface area contributed by atoms with Crippen LogP contribution < -0.4 is 0 Å². The van der Waals surface area contributed by atoms with E-state index in [9.17, 15) is 8.42 Å². The summed E-state index contributed by atoms with van der Waals surface area (Å²) in [5.41, 5.74) is 0.